The quantitative estimate of drug-likeness (QED) is 0.409. The van der Waals surface area contributed by atoms with Crippen LogP contribution in [-0.4, -0.2) is 67.3 Å². The zero-order chi connectivity index (χ0) is 24.6. The van der Waals surface area contributed by atoms with Crippen molar-refractivity contribution in [3.05, 3.63) is 35.9 Å². The van der Waals surface area contributed by atoms with Gasteiger partial charge in [0.2, 0.25) is 17.7 Å². The first kappa shape index (κ1) is 25.5. The van der Waals surface area contributed by atoms with Crippen LogP contribution in [0, 0.1) is 11.8 Å². The highest BCUT2D eigenvalue weighted by atomic mass is 79.9. The summed E-state index contributed by atoms with van der Waals surface area (Å²) in [5.74, 6) is -1.64. The highest BCUT2D eigenvalue weighted by Crippen LogP contribution is 2.67. The lowest BCUT2D eigenvalue weighted by molar-refractivity contribution is -0.142. The summed E-state index contributed by atoms with van der Waals surface area (Å²) in [4.78, 5) is 42.5. The molecular weight excluding hydrogens is 518 g/mol. The largest absolute Gasteiger partial charge is 0.394 e. The molecule has 3 N–H and O–H groups in total. The highest BCUT2D eigenvalue weighted by molar-refractivity contribution is 9.09. The van der Waals surface area contributed by atoms with E-state index in [1.54, 1.807) is 23.6 Å². The maximum atomic E-state index is 13.8. The number of benzene rings is 1. The minimum absolute atomic E-state index is 0.0114. The molecule has 7 nitrogen and oxygen atoms in total. The molecule has 1 aromatic carbocycles. The Morgan fingerprint density at radius 2 is 1.97 bits per heavy atom. The Balaban J connectivity index is 1.64. The lowest BCUT2D eigenvalue weighted by Gasteiger charge is -2.37. The minimum Gasteiger partial charge on any atom is -0.394 e. The van der Waals surface area contributed by atoms with Crippen molar-refractivity contribution in [3.63, 3.8) is 0 Å². The number of nitrogens with one attached hydrogen (secondary N) is 2. The number of likely N-dealkylation sites (tertiary alicyclic amines) is 1. The Morgan fingerprint density at radius 3 is 2.62 bits per heavy atom. The zero-order valence-electron chi connectivity index (χ0n) is 19.9. The number of hydrogen-bond donors (Lipinski definition) is 3. The SMILES string of the molecule is CCCC(C)NC(=O)C1N([C@H](C)CO)C(=O)[C@@H]2[C@H](C(=O)NCc3ccccc3)[C@H]3SC12CC3Br. The van der Waals surface area contributed by atoms with Gasteiger partial charge < -0.3 is 20.6 Å². The molecule has 0 radical (unpaired) electrons. The van der Waals surface area contributed by atoms with E-state index < -0.39 is 28.7 Å². The molecule has 3 heterocycles. The molecule has 34 heavy (non-hydrogen) atoms. The van der Waals surface area contributed by atoms with E-state index in [1.165, 1.54) is 0 Å². The maximum Gasteiger partial charge on any atom is 0.244 e. The second-order valence-corrected chi connectivity index (χ2v) is 12.6. The van der Waals surface area contributed by atoms with Gasteiger partial charge in [-0.2, -0.15) is 0 Å². The molecule has 1 aromatic rings. The molecule has 4 rings (SSSR count). The summed E-state index contributed by atoms with van der Waals surface area (Å²) in [7, 11) is 0. The molecule has 3 saturated heterocycles. The third kappa shape index (κ3) is 4.28. The minimum atomic E-state index is -0.714. The number of fused-ring (bicyclic) bond motifs is 1. The number of rotatable bonds is 9. The molecule has 3 amide bonds. The van der Waals surface area contributed by atoms with E-state index >= 15 is 0 Å². The number of thioether (sulfide) groups is 1. The molecule has 3 aliphatic heterocycles. The summed E-state index contributed by atoms with van der Waals surface area (Å²) in [5.41, 5.74) is 0.993. The van der Waals surface area contributed by atoms with Crippen LogP contribution in [0.3, 0.4) is 0 Å². The second-order valence-electron chi connectivity index (χ2n) is 9.84. The Morgan fingerprint density at radius 1 is 1.26 bits per heavy atom. The van der Waals surface area contributed by atoms with Crippen molar-refractivity contribution in [1.29, 1.82) is 0 Å². The number of carbonyl (C=O) groups excluding carboxylic acids is 3. The molecule has 186 valence electrons. The van der Waals surface area contributed by atoms with Crippen LogP contribution in [0.1, 0.15) is 45.6 Å². The van der Waals surface area contributed by atoms with Crippen LogP contribution in [0.4, 0.5) is 0 Å². The smallest absolute Gasteiger partial charge is 0.244 e. The van der Waals surface area contributed by atoms with Crippen molar-refractivity contribution in [2.45, 2.75) is 79.5 Å². The molecule has 3 aliphatic rings. The first-order valence-corrected chi connectivity index (χ1v) is 13.9. The Hall–Kier alpha value is -1.58. The lowest BCUT2D eigenvalue weighted by Crippen LogP contribution is -2.57. The van der Waals surface area contributed by atoms with E-state index in [1.807, 2.05) is 37.3 Å². The van der Waals surface area contributed by atoms with Crippen LogP contribution in [0.25, 0.3) is 0 Å². The molecule has 3 fully saturated rings. The van der Waals surface area contributed by atoms with E-state index in [9.17, 15) is 19.5 Å². The van der Waals surface area contributed by atoms with Crippen LogP contribution in [0.2, 0.25) is 0 Å². The molecular formula is C25H34BrN3O4S. The summed E-state index contributed by atoms with van der Waals surface area (Å²) in [5, 5.41) is 16.0. The van der Waals surface area contributed by atoms with Crippen molar-refractivity contribution in [2.75, 3.05) is 6.61 Å². The Kier molecular flexibility index (Phi) is 7.64. The number of nitrogens with zero attached hydrogens (tertiary/aromatic N) is 1. The fourth-order valence-corrected chi connectivity index (χ4v) is 9.56. The molecule has 1 spiro atoms. The standard InChI is InChI=1S/C25H34BrN3O4S/c1-4-8-14(2)28-23(32)21-25-11-17(26)20(34-25)18(19(25)24(33)29(21)15(3)13-30)22(31)27-12-16-9-6-5-7-10-16/h5-7,9-10,14-15,17-21,30H,4,8,11-13H2,1-3H3,(H,27,31)(H,28,32)/t14?,15-,17?,18+,19+,20+,21?,25?/m1/s1. The fourth-order valence-electron chi connectivity index (χ4n) is 5.96. The summed E-state index contributed by atoms with van der Waals surface area (Å²) < 4.78 is -0.690. The van der Waals surface area contributed by atoms with Gasteiger partial charge in [0.05, 0.1) is 29.2 Å². The number of carbonyl (C=O) groups is 3. The summed E-state index contributed by atoms with van der Waals surface area (Å²) in [6.07, 6.45) is 2.43. The summed E-state index contributed by atoms with van der Waals surface area (Å²) in [6.45, 7) is 5.96. The van der Waals surface area contributed by atoms with Crippen molar-refractivity contribution in [2.24, 2.45) is 11.8 Å². The summed E-state index contributed by atoms with van der Waals surface area (Å²) >= 11 is 5.38. The van der Waals surface area contributed by atoms with Gasteiger partial charge in [-0.15, -0.1) is 11.8 Å². The predicted octanol–water partition coefficient (Wildman–Crippen LogP) is 2.45. The number of hydrogen-bond acceptors (Lipinski definition) is 5. The highest BCUT2D eigenvalue weighted by Gasteiger charge is 2.75. The van der Waals surface area contributed by atoms with Gasteiger partial charge in [-0.1, -0.05) is 59.6 Å². The van der Waals surface area contributed by atoms with Crippen molar-refractivity contribution < 1.29 is 19.5 Å². The van der Waals surface area contributed by atoms with E-state index in [0.29, 0.717) is 13.0 Å². The molecule has 0 saturated carbocycles. The Labute approximate surface area is 213 Å². The van der Waals surface area contributed by atoms with Gasteiger partial charge in [-0.05, 0) is 32.3 Å². The lowest BCUT2D eigenvalue weighted by atomic mass is 9.70. The second kappa shape index (κ2) is 10.2. The molecule has 9 heteroatoms. The van der Waals surface area contributed by atoms with E-state index in [-0.39, 0.29) is 40.4 Å². The first-order chi connectivity index (χ1) is 16.2. The molecule has 0 aromatic heterocycles. The van der Waals surface area contributed by atoms with Gasteiger partial charge in [-0.3, -0.25) is 14.4 Å². The van der Waals surface area contributed by atoms with Crippen LogP contribution in [-0.2, 0) is 20.9 Å². The number of alkyl halides is 1. The average Bonchev–Trinajstić information content (AvgIpc) is 3.41. The molecule has 2 bridgehead atoms. The average molecular weight is 553 g/mol. The van der Waals surface area contributed by atoms with E-state index in [4.69, 9.17) is 0 Å². The van der Waals surface area contributed by atoms with Crippen molar-refractivity contribution >= 4 is 45.4 Å². The zero-order valence-corrected chi connectivity index (χ0v) is 22.3. The number of amides is 3. The van der Waals surface area contributed by atoms with Gasteiger partial charge in [0.15, 0.2) is 0 Å². The molecule has 0 aliphatic carbocycles. The van der Waals surface area contributed by atoms with E-state index in [0.717, 1.165) is 18.4 Å². The van der Waals surface area contributed by atoms with Gasteiger partial charge in [0.1, 0.15) is 6.04 Å². The first-order valence-electron chi connectivity index (χ1n) is 12.1. The normalized spacial score (nSPS) is 33.5. The van der Waals surface area contributed by atoms with E-state index in [2.05, 4.69) is 33.5 Å². The summed E-state index contributed by atoms with van der Waals surface area (Å²) in [6, 6.07) is 8.45. The van der Waals surface area contributed by atoms with Gasteiger partial charge in [0, 0.05) is 22.7 Å². The molecule has 8 atom stereocenters. The third-order valence-electron chi connectivity index (χ3n) is 7.44. The number of aliphatic hydroxyl groups excluding tert-OH is 1. The topological polar surface area (TPSA) is 98.7 Å². The third-order valence-corrected chi connectivity index (χ3v) is 10.7. The van der Waals surface area contributed by atoms with Gasteiger partial charge >= 0.3 is 0 Å². The fraction of sp³-hybridized carbons (Fsp3) is 0.640. The van der Waals surface area contributed by atoms with Crippen LogP contribution >= 0.6 is 27.7 Å². The van der Waals surface area contributed by atoms with Crippen molar-refractivity contribution in [1.82, 2.24) is 15.5 Å². The van der Waals surface area contributed by atoms with Gasteiger partial charge in [0.25, 0.3) is 0 Å². The van der Waals surface area contributed by atoms with Crippen molar-refractivity contribution in [3.8, 4) is 0 Å². The van der Waals surface area contributed by atoms with Crippen LogP contribution < -0.4 is 10.6 Å². The monoisotopic (exact) mass is 551 g/mol. The predicted molar refractivity (Wildman–Crippen MR) is 136 cm³/mol. The van der Waals surface area contributed by atoms with Crippen LogP contribution in [0.15, 0.2) is 30.3 Å². The number of halogens is 1. The number of aliphatic hydroxyl groups is 1. The maximum absolute atomic E-state index is 13.8. The molecule has 4 unspecified atom stereocenters. The van der Waals surface area contributed by atoms with Gasteiger partial charge in [-0.25, -0.2) is 0 Å². The Bertz CT molecular complexity index is 934. The van der Waals surface area contributed by atoms with Crippen LogP contribution in [0.5, 0.6) is 0 Å².